The van der Waals surface area contributed by atoms with Crippen LogP contribution >= 0.6 is 0 Å². The first-order valence-electron chi connectivity index (χ1n) is 4.56. The van der Waals surface area contributed by atoms with Gasteiger partial charge in [0.25, 0.3) is 0 Å². The molecule has 3 N–H and O–H groups in total. The minimum atomic E-state index is -0.675. The van der Waals surface area contributed by atoms with E-state index in [-0.39, 0.29) is 5.78 Å². The van der Waals surface area contributed by atoms with Gasteiger partial charge in [-0.3, -0.25) is 14.4 Å². The van der Waals surface area contributed by atoms with E-state index in [1.54, 1.807) is 0 Å². The highest BCUT2D eigenvalue weighted by Gasteiger charge is 2.19. The van der Waals surface area contributed by atoms with E-state index in [2.05, 4.69) is 5.32 Å². The number of hydrogen-bond donors (Lipinski definition) is 2. The third-order valence-electron chi connectivity index (χ3n) is 1.98. The lowest BCUT2D eigenvalue weighted by Crippen LogP contribution is -2.28. The maximum atomic E-state index is 10.9. The molecule has 0 heterocycles. The highest BCUT2D eigenvalue weighted by atomic mass is 16.2. The normalized spacial score (nSPS) is 11.8. The van der Waals surface area contributed by atoms with E-state index in [4.69, 9.17) is 5.73 Å². The van der Waals surface area contributed by atoms with Crippen LogP contribution < -0.4 is 11.1 Å². The van der Waals surface area contributed by atoms with E-state index in [1.807, 2.05) is 0 Å². The number of nitrogens with two attached hydrogens (primary N) is 1. The third kappa shape index (κ3) is 5.29. The zero-order valence-electron chi connectivity index (χ0n) is 8.29. The Bertz CT molecular complexity index is 202. The Labute approximate surface area is 83.0 Å². The monoisotopic (exact) mass is 200 g/mol. The molecule has 0 aliphatic heterocycles. The largest absolute Gasteiger partial charge is 0.369 e. The summed E-state index contributed by atoms with van der Waals surface area (Å²) in [6.07, 6.45) is 2.53. The molecule has 5 heteroatoms. The van der Waals surface area contributed by atoms with Gasteiger partial charge in [-0.05, 0) is 19.8 Å². The van der Waals surface area contributed by atoms with Crippen molar-refractivity contribution in [3.05, 3.63) is 0 Å². The summed E-state index contributed by atoms with van der Waals surface area (Å²) >= 11 is 0. The molecule has 2 amide bonds. The third-order valence-corrected chi connectivity index (χ3v) is 1.98. The molecule has 0 rings (SSSR count). The second-order valence-electron chi connectivity index (χ2n) is 3.13. The van der Waals surface area contributed by atoms with Gasteiger partial charge in [0.1, 0.15) is 5.78 Å². The molecule has 0 saturated carbocycles. The molecule has 0 aliphatic carbocycles. The molecule has 1 unspecified atom stereocenters. The predicted octanol–water partition coefficient (Wildman–Crippen LogP) is -0.407. The van der Waals surface area contributed by atoms with Crippen molar-refractivity contribution in [3.8, 4) is 0 Å². The van der Waals surface area contributed by atoms with Crippen LogP contribution in [0.3, 0.4) is 0 Å². The number of amides is 2. The highest BCUT2D eigenvalue weighted by Crippen LogP contribution is 2.08. The number of primary amides is 1. The Kier molecular flexibility index (Phi) is 6.36. The van der Waals surface area contributed by atoms with Crippen LogP contribution in [0.5, 0.6) is 0 Å². The maximum Gasteiger partial charge on any atom is 0.227 e. The van der Waals surface area contributed by atoms with Gasteiger partial charge in [0.2, 0.25) is 12.3 Å². The van der Waals surface area contributed by atoms with Gasteiger partial charge in [-0.2, -0.15) is 0 Å². The summed E-state index contributed by atoms with van der Waals surface area (Å²) in [5.74, 6) is -1.44. The van der Waals surface area contributed by atoms with Gasteiger partial charge >= 0.3 is 0 Å². The molecule has 0 aromatic rings. The Morgan fingerprint density at radius 2 is 2.07 bits per heavy atom. The summed E-state index contributed by atoms with van der Waals surface area (Å²) in [5.41, 5.74) is 5.05. The van der Waals surface area contributed by atoms with Crippen molar-refractivity contribution in [2.24, 2.45) is 11.7 Å². The van der Waals surface area contributed by atoms with E-state index in [0.29, 0.717) is 25.8 Å². The Balaban J connectivity index is 3.67. The van der Waals surface area contributed by atoms with Crippen LogP contribution in [-0.2, 0) is 14.4 Å². The van der Waals surface area contributed by atoms with Gasteiger partial charge in [-0.15, -0.1) is 0 Å². The first kappa shape index (κ1) is 12.6. The molecule has 0 aromatic heterocycles. The van der Waals surface area contributed by atoms with Crippen LogP contribution in [-0.4, -0.2) is 24.6 Å². The number of carbonyl (C=O) groups excluding carboxylic acids is 3. The van der Waals surface area contributed by atoms with Crippen LogP contribution in [0.2, 0.25) is 0 Å². The summed E-state index contributed by atoms with van der Waals surface area (Å²) in [4.78, 5) is 31.6. The lowest BCUT2D eigenvalue weighted by Gasteiger charge is -2.08. The summed E-state index contributed by atoms with van der Waals surface area (Å²) in [6.45, 7) is 1.92. The molecule has 14 heavy (non-hydrogen) atoms. The first-order chi connectivity index (χ1) is 6.59. The molecule has 0 spiro atoms. The Hall–Kier alpha value is -1.39. The van der Waals surface area contributed by atoms with Gasteiger partial charge in [0.05, 0.1) is 5.92 Å². The molecule has 0 aromatic carbocycles. The number of nitrogens with one attached hydrogen (secondary N) is 1. The van der Waals surface area contributed by atoms with Gasteiger partial charge in [0, 0.05) is 6.54 Å². The van der Waals surface area contributed by atoms with Crippen LogP contribution in [0.15, 0.2) is 0 Å². The van der Waals surface area contributed by atoms with Crippen LogP contribution in [0.4, 0.5) is 0 Å². The molecule has 0 fully saturated rings. The van der Waals surface area contributed by atoms with Gasteiger partial charge in [-0.1, -0.05) is 6.42 Å². The van der Waals surface area contributed by atoms with Crippen molar-refractivity contribution >= 4 is 18.1 Å². The lowest BCUT2D eigenvalue weighted by atomic mass is 9.97. The van der Waals surface area contributed by atoms with Gasteiger partial charge < -0.3 is 11.1 Å². The highest BCUT2D eigenvalue weighted by molar-refractivity contribution is 5.99. The molecular formula is C9H16N2O3. The standard InChI is InChI=1S/C9H16N2O3/c1-7(13)8(9(10)14)4-2-3-5-11-6-12/h6,8H,2-5H2,1H3,(H2,10,14)(H,11,12). The fourth-order valence-electron chi connectivity index (χ4n) is 1.18. The van der Waals surface area contributed by atoms with E-state index < -0.39 is 11.8 Å². The fraction of sp³-hybridized carbons (Fsp3) is 0.667. The summed E-state index contributed by atoms with van der Waals surface area (Å²) < 4.78 is 0. The quantitative estimate of drug-likeness (QED) is 0.317. The second-order valence-corrected chi connectivity index (χ2v) is 3.13. The second kappa shape index (κ2) is 7.06. The van der Waals surface area contributed by atoms with Crippen molar-refractivity contribution in [1.29, 1.82) is 0 Å². The topological polar surface area (TPSA) is 89.3 Å². The van der Waals surface area contributed by atoms with Crippen molar-refractivity contribution in [2.45, 2.75) is 26.2 Å². The fourth-order valence-corrected chi connectivity index (χ4v) is 1.18. The van der Waals surface area contributed by atoms with Crippen LogP contribution in [0, 0.1) is 5.92 Å². The number of rotatable bonds is 8. The predicted molar refractivity (Wildman–Crippen MR) is 51.3 cm³/mol. The number of carbonyl (C=O) groups is 3. The van der Waals surface area contributed by atoms with Crippen molar-refractivity contribution in [1.82, 2.24) is 5.32 Å². The molecular weight excluding hydrogens is 184 g/mol. The minimum absolute atomic E-state index is 0.194. The number of unbranched alkanes of at least 4 members (excludes halogenated alkanes) is 1. The van der Waals surface area contributed by atoms with Crippen molar-refractivity contribution in [3.63, 3.8) is 0 Å². The maximum absolute atomic E-state index is 10.9. The Morgan fingerprint density at radius 3 is 2.50 bits per heavy atom. The Morgan fingerprint density at radius 1 is 1.43 bits per heavy atom. The van der Waals surface area contributed by atoms with Crippen molar-refractivity contribution in [2.75, 3.05) is 6.54 Å². The molecule has 80 valence electrons. The molecule has 1 atom stereocenters. The summed E-state index contributed by atoms with van der Waals surface area (Å²) in [5, 5.41) is 2.50. The SMILES string of the molecule is CC(=O)C(CCCCNC=O)C(N)=O. The molecule has 0 aliphatic rings. The lowest BCUT2D eigenvalue weighted by molar-refractivity contribution is -0.131. The minimum Gasteiger partial charge on any atom is -0.369 e. The van der Waals surface area contributed by atoms with E-state index in [9.17, 15) is 14.4 Å². The van der Waals surface area contributed by atoms with E-state index in [1.165, 1.54) is 6.92 Å². The summed E-state index contributed by atoms with van der Waals surface area (Å²) in [7, 11) is 0. The molecule has 0 bridgehead atoms. The average Bonchev–Trinajstić information content (AvgIpc) is 2.09. The van der Waals surface area contributed by atoms with E-state index in [0.717, 1.165) is 6.42 Å². The zero-order valence-corrected chi connectivity index (χ0v) is 8.29. The smallest absolute Gasteiger partial charge is 0.227 e. The average molecular weight is 200 g/mol. The van der Waals surface area contributed by atoms with Gasteiger partial charge in [-0.25, -0.2) is 0 Å². The summed E-state index contributed by atoms with van der Waals surface area (Å²) in [6, 6.07) is 0. The van der Waals surface area contributed by atoms with Crippen LogP contribution in [0.25, 0.3) is 0 Å². The number of hydrogen-bond acceptors (Lipinski definition) is 3. The molecule has 5 nitrogen and oxygen atoms in total. The first-order valence-corrected chi connectivity index (χ1v) is 4.56. The van der Waals surface area contributed by atoms with Gasteiger partial charge in [0.15, 0.2) is 0 Å². The molecule has 0 radical (unpaired) electrons. The van der Waals surface area contributed by atoms with Crippen LogP contribution in [0.1, 0.15) is 26.2 Å². The number of ketones is 1. The van der Waals surface area contributed by atoms with Crippen molar-refractivity contribution < 1.29 is 14.4 Å². The zero-order chi connectivity index (χ0) is 11.0. The van der Waals surface area contributed by atoms with E-state index >= 15 is 0 Å². The molecule has 0 saturated heterocycles. The number of Topliss-reactive ketones (excluding diaryl/α,β-unsaturated/α-hetero) is 1.